The summed E-state index contributed by atoms with van der Waals surface area (Å²) in [6.45, 7) is 4.23. The lowest BCUT2D eigenvalue weighted by Gasteiger charge is -2.28. The van der Waals surface area contributed by atoms with Gasteiger partial charge in [-0.15, -0.1) is 0 Å². The van der Waals surface area contributed by atoms with E-state index < -0.39 is 5.92 Å². The molecule has 2 amide bonds. The lowest BCUT2D eigenvalue weighted by molar-refractivity contribution is -0.128. The Bertz CT molecular complexity index is 1260. The summed E-state index contributed by atoms with van der Waals surface area (Å²) in [5.41, 5.74) is 5.16. The molecule has 1 unspecified atom stereocenters. The predicted molar refractivity (Wildman–Crippen MR) is 127 cm³/mol. The zero-order chi connectivity index (χ0) is 24.4. The molecule has 0 bridgehead atoms. The van der Waals surface area contributed by atoms with Gasteiger partial charge < -0.3 is 15.3 Å². The maximum absolute atomic E-state index is 13.4. The van der Waals surface area contributed by atoms with Crippen LogP contribution in [-0.4, -0.2) is 45.3 Å². The van der Waals surface area contributed by atoms with Crippen LogP contribution < -0.4 is 5.32 Å². The normalized spacial score (nSPS) is 15.9. The molecule has 0 spiro atoms. The number of carbonyl (C=O) groups is 2. The minimum Gasteiger partial charge on any atom is -0.394 e. The van der Waals surface area contributed by atoms with E-state index in [-0.39, 0.29) is 30.7 Å². The molecule has 1 aliphatic heterocycles. The Kier molecular flexibility index (Phi) is 6.61. The fraction of sp³-hybridized carbons (Fsp3) is 0.269. The fourth-order valence-electron chi connectivity index (χ4n) is 4.09. The maximum Gasteiger partial charge on any atom is 0.253 e. The molecule has 3 aromatic rings. The summed E-state index contributed by atoms with van der Waals surface area (Å²) in [5.74, 6) is -1.28. The van der Waals surface area contributed by atoms with Crippen molar-refractivity contribution in [3.8, 4) is 11.3 Å². The summed E-state index contributed by atoms with van der Waals surface area (Å²) >= 11 is 0. The van der Waals surface area contributed by atoms with Crippen molar-refractivity contribution in [3.05, 3.63) is 82.9 Å². The molecule has 0 radical (unpaired) electrons. The fourth-order valence-corrected chi connectivity index (χ4v) is 4.09. The molecule has 0 aliphatic carbocycles. The van der Waals surface area contributed by atoms with E-state index in [1.165, 1.54) is 17.0 Å². The van der Waals surface area contributed by atoms with Gasteiger partial charge in [0.25, 0.3) is 5.91 Å². The first-order valence-corrected chi connectivity index (χ1v) is 11.1. The van der Waals surface area contributed by atoms with Crippen molar-refractivity contribution in [1.29, 1.82) is 0 Å². The van der Waals surface area contributed by atoms with Gasteiger partial charge in [-0.05, 0) is 49.2 Å². The second-order valence-corrected chi connectivity index (χ2v) is 8.50. The van der Waals surface area contributed by atoms with Gasteiger partial charge in [0.2, 0.25) is 5.91 Å². The quantitative estimate of drug-likeness (QED) is 0.584. The van der Waals surface area contributed by atoms with Gasteiger partial charge in [-0.25, -0.2) is 4.39 Å². The van der Waals surface area contributed by atoms with Crippen molar-refractivity contribution in [2.75, 3.05) is 19.0 Å². The molecule has 7 nitrogen and oxygen atoms in total. The first-order valence-electron chi connectivity index (χ1n) is 11.1. The SMILES string of the molecule is Cc1ccc(-c2cc(C)n(CCO)n2)cc1NC(=O)C1=CN(C)C(=O)CC1c1ccc(F)cc1. The van der Waals surface area contributed by atoms with Crippen molar-refractivity contribution in [3.63, 3.8) is 0 Å². The lowest BCUT2D eigenvalue weighted by atomic mass is 9.85. The second-order valence-electron chi connectivity index (χ2n) is 8.50. The molecule has 1 atom stereocenters. The Hall–Kier alpha value is -3.78. The molecule has 0 saturated heterocycles. The number of halogens is 1. The largest absolute Gasteiger partial charge is 0.394 e. The Morgan fingerprint density at radius 2 is 1.91 bits per heavy atom. The van der Waals surface area contributed by atoms with Crippen LogP contribution >= 0.6 is 0 Å². The van der Waals surface area contributed by atoms with Crippen LogP contribution in [0, 0.1) is 19.7 Å². The molecular weight excluding hydrogens is 435 g/mol. The number of carbonyl (C=O) groups excluding carboxylic acids is 2. The summed E-state index contributed by atoms with van der Waals surface area (Å²) in [5, 5.41) is 16.8. The number of anilines is 1. The average Bonchev–Trinajstić information content (AvgIpc) is 3.18. The third-order valence-corrected chi connectivity index (χ3v) is 6.09. The minimum atomic E-state index is -0.468. The van der Waals surface area contributed by atoms with Crippen molar-refractivity contribution in [1.82, 2.24) is 14.7 Å². The molecular formula is C26H27FN4O3. The van der Waals surface area contributed by atoms with E-state index in [1.807, 2.05) is 38.1 Å². The summed E-state index contributed by atoms with van der Waals surface area (Å²) in [6, 6.07) is 13.5. The van der Waals surface area contributed by atoms with Gasteiger partial charge in [0.05, 0.1) is 18.8 Å². The highest BCUT2D eigenvalue weighted by Gasteiger charge is 2.31. The van der Waals surface area contributed by atoms with Gasteiger partial charge in [-0.1, -0.05) is 24.3 Å². The van der Waals surface area contributed by atoms with Gasteiger partial charge in [-0.3, -0.25) is 14.3 Å². The number of hydrogen-bond acceptors (Lipinski definition) is 4. The van der Waals surface area contributed by atoms with Crippen LogP contribution in [0.3, 0.4) is 0 Å². The highest BCUT2D eigenvalue weighted by atomic mass is 19.1. The number of aliphatic hydroxyl groups is 1. The average molecular weight is 463 g/mol. The Labute approximate surface area is 197 Å². The number of aryl methyl sites for hydroxylation is 2. The molecule has 0 fully saturated rings. The molecule has 34 heavy (non-hydrogen) atoms. The molecule has 2 heterocycles. The van der Waals surface area contributed by atoms with Crippen LogP contribution in [-0.2, 0) is 16.1 Å². The predicted octanol–water partition coefficient (Wildman–Crippen LogP) is 3.77. The molecule has 2 aromatic carbocycles. The van der Waals surface area contributed by atoms with Crippen molar-refractivity contribution in [2.45, 2.75) is 32.7 Å². The van der Waals surface area contributed by atoms with E-state index >= 15 is 0 Å². The van der Waals surface area contributed by atoms with Crippen LogP contribution in [0.15, 0.2) is 60.3 Å². The van der Waals surface area contributed by atoms with Crippen LogP contribution in [0.5, 0.6) is 0 Å². The molecule has 8 heteroatoms. The van der Waals surface area contributed by atoms with Gasteiger partial charge in [-0.2, -0.15) is 5.10 Å². The topological polar surface area (TPSA) is 87.5 Å². The van der Waals surface area contributed by atoms with E-state index in [4.69, 9.17) is 0 Å². The zero-order valence-electron chi connectivity index (χ0n) is 19.4. The first-order chi connectivity index (χ1) is 16.3. The number of nitrogens with one attached hydrogen (secondary N) is 1. The Balaban J connectivity index is 1.63. The molecule has 176 valence electrons. The summed E-state index contributed by atoms with van der Waals surface area (Å²) in [4.78, 5) is 27.1. The minimum absolute atomic E-state index is 0.00154. The van der Waals surface area contributed by atoms with Crippen molar-refractivity contribution < 1.29 is 19.1 Å². The van der Waals surface area contributed by atoms with Gasteiger partial charge in [0.15, 0.2) is 0 Å². The smallest absolute Gasteiger partial charge is 0.253 e. The number of aromatic nitrogens is 2. The third kappa shape index (κ3) is 4.77. The van der Waals surface area contributed by atoms with Gasteiger partial charge >= 0.3 is 0 Å². The van der Waals surface area contributed by atoms with Gasteiger partial charge in [0, 0.05) is 48.1 Å². The third-order valence-electron chi connectivity index (χ3n) is 6.09. The first kappa shape index (κ1) is 23.4. The molecule has 2 N–H and O–H groups in total. The number of nitrogens with zero attached hydrogens (tertiary/aromatic N) is 3. The zero-order valence-corrected chi connectivity index (χ0v) is 19.4. The highest BCUT2D eigenvalue weighted by molar-refractivity contribution is 6.07. The number of hydrogen-bond donors (Lipinski definition) is 2. The summed E-state index contributed by atoms with van der Waals surface area (Å²) < 4.78 is 15.2. The monoisotopic (exact) mass is 462 g/mol. The molecule has 1 aromatic heterocycles. The van der Waals surface area contributed by atoms with E-state index in [2.05, 4.69) is 10.4 Å². The number of aliphatic hydroxyl groups excluding tert-OH is 1. The summed E-state index contributed by atoms with van der Waals surface area (Å²) in [6.07, 6.45) is 1.68. The molecule has 4 rings (SSSR count). The van der Waals surface area contributed by atoms with Crippen LogP contribution in [0.25, 0.3) is 11.3 Å². The maximum atomic E-state index is 13.4. The van der Waals surface area contributed by atoms with E-state index in [1.54, 1.807) is 30.1 Å². The van der Waals surface area contributed by atoms with E-state index in [9.17, 15) is 19.1 Å². The van der Waals surface area contributed by atoms with E-state index in [0.29, 0.717) is 23.4 Å². The van der Waals surface area contributed by atoms with Crippen LogP contribution in [0.1, 0.15) is 29.2 Å². The van der Waals surface area contributed by atoms with E-state index in [0.717, 1.165) is 22.5 Å². The number of benzene rings is 2. The number of amides is 2. The highest BCUT2D eigenvalue weighted by Crippen LogP contribution is 2.34. The second kappa shape index (κ2) is 9.61. The lowest BCUT2D eigenvalue weighted by Crippen LogP contribution is -2.33. The van der Waals surface area contributed by atoms with Crippen LogP contribution in [0.2, 0.25) is 0 Å². The number of rotatable bonds is 6. The summed E-state index contributed by atoms with van der Waals surface area (Å²) in [7, 11) is 1.62. The van der Waals surface area contributed by atoms with Crippen molar-refractivity contribution >= 4 is 17.5 Å². The van der Waals surface area contributed by atoms with Gasteiger partial charge in [0.1, 0.15) is 5.82 Å². The Morgan fingerprint density at radius 1 is 1.18 bits per heavy atom. The molecule has 0 saturated carbocycles. The standard InChI is InChI=1S/C26H27FN4O3/c1-16-4-5-19(24-12-17(2)31(29-24)10-11-32)13-23(16)28-26(34)22-15-30(3)25(33)14-21(22)18-6-8-20(27)9-7-18/h4-9,12-13,15,21,32H,10-11,14H2,1-3H3,(H,28,34). The Morgan fingerprint density at radius 3 is 2.62 bits per heavy atom. The van der Waals surface area contributed by atoms with Crippen molar-refractivity contribution in [2.24, 2.45) is 0 Å². The molecule has 1 aliphatic rings. The van der Waals surface area contributed by atoms with Crippen LogP contribution in [0.4, 0.5) is 10.1 Å².